The molecule has 4 aromatic rings. The van der Waals surface area contributed by atoms with E-state index in [-0.39, 0.29) is 39.8 Å². The summed E-state index contributed by atoms with van der Waals surface area (Å²) in [5, 5.41) is 0.547. The molecule has 0 saturated heterocycles. The van der Waals surface area contributed by atoms with Gasteiger partial charge in [-0.25, -0.2) is 9.98 Å². The van der Waals surface area contributed by atoms with E-state index in [1.807, 2.05) is 76.2 Å². The van der Waals surface area contributed by atoms with Gasteiger partial charge in [0.05, 0.1) is 11.4 Å². The molecule has 341 valence electrons. The summed E-state index contributed by atoms with van der Waals surface area (Å²) in [6, 6.07) is 29.4. The molecular weight excluding hydrogens is 1070 g/mol. The molecule has 1 N–H and O–H groups in total. The van der Waals surface area contributed by atoms with Gasteiger partial charge < -0.3 is 4.18 Å². The van der Waals surface area contributed by atoms with Crippen LogP contribution in [0, 0.1) is 0 Å². The monoisotopic (exact) mass is 1110 g/mol. The summed E-state index contributed by atoms with van der Waals surface area (Å²) in [7, 11) is -7.25. The van der Waals surface area contributed by atoms with Crippen LogP contribution in [0.25, 0.3) is 0 Å². The van der Waals surface area contributed by atoms with Gasteiger partial charge in [-0.2, -0.15) is 43.2 Å². The third kappa shape index (κ3) is 17.7. The van der Waals surface area contributed by atoms with Crippen LogP contribution in [0.4, 0.5) is 37.7 Å². The molecule has 0 aromatic heterocycles. The number of halogens is 8. The van der Waals surface area contributed by atoms with E-state index in [1.165, 1.54) is 23.3 Å². The second-order valence-corrected chi connectivity index (χ2v) is 17.0. The van der Waals surface area contributed by atoms with E-state index in [0.717, 1.165) is 22.4 Å². The van der Waals surface area contributed by atoms with E-state index in [4.69, 9.17) is 29.6 Å². The average Bonchev–Trinajstić information content (AvgIpc) is 3.15. The Morgan fingerprint density at radius 1 is 0.567 bits per heavy atom. The van der Waals surface area contributed by atoms with Crippen LogP contribution in [0.1, 0.15) is 112 Å². The Bertz CT molecular complexity index is 2170. The van der Waals surface area contributed by atoms with Crippen molar-refractivity contribution in [3.63, 3.8) is 0 Å². The minimum absolute atomic E-state index is 0. The van der Waals surface area contributed by atoms with E-state index in [0.29, 0.717) is 22.7 Å². The average molecular weight is 1110 g/mol. The molecule has 0 atom stereocenters. The van der Waals surface area contributed by atoms with Crippen molar-refractivity contribution in [3.05, 3.63) is 130 Å². The Hall–Kier alpha value is -2.48. The van der Waals surface area contributed by atoms with Crippen LogP contribution in [0.5, 0.6) is 0 Å². The van der Waals surface area contributed by atoms with Crippen LogP contribution in [-0.4, -0.2) is 43.5 Å². The molecule has 0 aliphatic rings. The summed E-state index contributed by atoms with van der Waals surface area (Å²) in [5.74, 6) is 0.265. The van der Waals surface area contributed by atoms with Gasteiger partial charge in [0, 0.05) is 33.5 Å². The molecule has 0 aliphatic carbocycles. The molecule has 8 nitrogen and oxygen atoms in total. The van der Waals surface area contributed by atoms with Gasteiger partial charge in [0.2, 0.25) is 5.90 Å². The standard InChI is InChI=1S/C20H22F3NO3S.C19H22ClN.CHF3O3S.2Ag.ClH/c1-13(2)16-11-8-12-17(14(3)4)18(16)24-19(15-9-6-5-7-10-15)27-28(25,26)20(21,22)23;1-13(2)16-11-8-12-17(14(3)4)18(16)21-19(20)15-9-6-5-7-10-15;2-1(3,4)8(5,6)7;;;/h5-14H,1-4H3;5-14H,1-4H3;(H,5,6,7);;;1H/q;;;;+1;/p-1. The number of benzene rings is 4. The van der Waals surface area contributed by atoms with Crippen molar-refractivity contribution in [1.82, 2.24) is 0 Å². The van der Waals surface area contributed by atoms with Crippen molar-refractivity contribution in [2.75, 3.05) is 0 Å². The number of aliphatic imine (C=N–C) groups is 2. The molecule has 20 heteroatoms. The summed E-state index contributed by atoms with van der Waals surface area (Å²) >= 11 is 8.87. The van der Waals surface area contributed by atoms with E-state index in [1.54, 1.807) is 18.2 Å². The van der Waals surface area contributed by atoms with Crippen LogP contribution in [-0.2, 0) is 66.8 Å². The first-order valence-corrected chi connectivity index (χ1v) is 22.7. The Labute approximate surface area is 385 Å². The molecule has 0 heterocycles. The summed E-state index contributed by atoms with van der Waals surface area (Å²) in [6.07, 6.45) is 0. The number of rotatable bonds is 9. The first kappa shape index (κ1) is 57.5. The predicted octanol–water partition coefficient (Wildman–Crippen LogP) is 13.2. The summed E-state index contributed by atoms with van der Waals surface area (Å²) in [4.78, 5) is 9.04. The molecule has 0 spiro atoms. The van der Waals surface area contributed by atoms with Crippen LogP contribution in [0.3, 0.4) is 0 Å². The van der Waals surface area contributed by atoms with Crippen LogP contribution >= 0.6 is 20.8 Å². The van der Waals surface area contributed by atoms with Gasteiger partial charge in [-0.3, -0.25) is 4.55 Å². The topological polar surface area (TPSA) is 122 Å². The third-order valence-corrected chi connectivity index (χ3v) is 9.74. The van der Waals surface area contributed by atoms with Crippen molar-refractivity contribution in [2.24, 2.45) is 9.98 Å². The first-order valence-electron chi connectivity index (χ1n) is 17.5. The van der Waals surface area contributed by atoms with Crippen LogP contribution in [0.2, 0.25) is 0 Å². The number of hydrogen-bond acceptors (Lipinski definition) is 7. The molecule has 60 heavy (non-hydrogen) atoms. The Kier molecular flexibility index (Phi) is 24.5. The molecule has 4 aromatic carbocycles. The predicted molar refractivity (Wildman–Crippen MR) is 220 cm³/mol. The number of hydrogen-bond donors (Lipinski definition) is 1. The molecule has 0 aliphatic heterocycles. The zero-order chi connectivity index (χ0) is 45.5. The number of alkyl halides is 6. The maximum absolute atomic E-state index is 12.9. The quantitative estimate of drug-likeness (QED) is 0.0339. The zero-order valence-corrected chi connectivity index (χ0v) is 39.5. The maximum atomic E-state index is 12.9. The van der Waals surface area contributed by atoms with Gasteiger partial charge in [-0.15, -0.1) is 0 Å². The first-order chi connectivity index (χ1) is 27.2. The van der Waals surface area contributed by atoms with E-state index in [2.05, 4.69) is 84.2 Å². The van der Waals surface area contributed by atoms with Crippen molar-refractivity contribution in [1.29, 1.82) is 0 Å². The molecule has 0 bridgehead atoms. The van der Waals surface area contributed by atoms with Crippen LogP contribution < -0.4 is 0 Å². The minimum atomic E-state index is -5.86. The SMILES string of the molecule is CC(C)c1cccc(C(C)C)c1N=C(Cl)c1ccccc1.CC(C)c1cccc(C(C)C)c1N=C(OS(=O)(=O)C(F)(F)F)c1ccccc1.O=S(=O)(O)C(F)(F)F.[Ag].[Cl][Ag]. The fraction of sp³-hybridized carbons (Fsp3) is 0.350. The third-order valence-electron chi connectivity index (χ3n) is 7.91. The fourth-order valence-electron chi connectivity index (χ4n) is 4.98. The molecule has 0 unspecified atom stereocenters. The second kappa shape index (κ2) is 25.6. The fourth-order valence-corrected chi connectivity index (χ4v) is 5.63. The summed E-state index contributed by atoms with van der Waals surface area (Å²) in [5.41, 5.74) is -4.50. The van der Waals surface area contributed by atoms with E-state index in [9.17, 15) is 34.8 Å². The van der Waals surface area contributed by atoms with Gasteiger partial charge in [0.25, 0.3) is 0 Å². The Morgan fingerprint density at radius 2 is 0.867 bits per heavy atom. The van der Waals surface area contributed by atoms with E-state index >= 15 is 0 Å². The Morgan fingerprint density at radius 3 is 1.15 bits per heavy atom. The summed E-state index contributed by atoms with van der Waals surface area (Å²) < 4.78 is 124. The zero-order valence-electron chi connectivity index (χ0n) is 33.4. The van der Waals surface area contributed by atoms with Gasteiger partial charge in [-0.1, -0.05) is 152 Å². The van der Waals surface area contributed by atoms with Gasteiger partial charge in [-0.05, 0) is 58.1 Å². The Balaban J connectivity index is 0.000000957. The van der Waals surface area contributed by atoms with Crippen molar-refractivity contribution in [2.45, 2.75) is 90.1 Å². The van der Waals surface area contributed by atoms with Crippen LogP contribution in [0.15, 0.2) is 107 Å². The van der Waals surface area contributed by atoms with Gasteiger partial charge >= 0.3 is 60.4 Å². The molecule has 0 amide bonds. The van der Waals surface area contributed by atoms with Crippen molar-refractivity contribution in [3.8, 4) is 0 Å². The summed E-state index contributed by atoms with van der Waals surface area (Å²) in [6.45, 7) is 16.5. The molecule has 0 saturated carbocycles. The van der Waals surface area contributed by atoms with E-state index < -0.39 is 37.2 Å². The second-order valence-electron chi connectivity index (χ2n) is 13.6. The van der Waals surface area contributed by atoms with Crippen molar-refractivity contribution < 1.29 is 94.3 Å². The normalized spacial score (nSPS) is 12.4. The molecular formula is C40H45Ag2Cl2F6N2O6S2. The molecule has 4 rings (SSSR count). The van der Waals surface area contributed by atoms with Gasteiger partial charge in [0.15, 0.2) is 0 Å². The van der Waals surface area contributed by atoms with Crippen molar-refractivity contribution >= 4 is 63.5 Å². The molecule has 1 radical (unpaired) electrons. The number of para-hydroxylation sites is 2. The molecule has 0 fully saturated rings. The van der Waals surface area contributed by atoms with Gasteiger partial charge in [0.1, 0.15) is 5.17 Å². The number of nitrogens with zero attached hydrogens (tertiary/aromatic N) is 2.